The van der Waals surface area contributed by atoms with Gasteiger partial charge in [-0.1, -0.05) is 23.7 Å². The van der Waals surface area contributed by atoms with Gasteiger partial charge in [0, 0.05) is 19.1 Å². The molecule has 1 aliphatic rings. The first-order valence-corrected chi connectivity index (χ1v) is 6.90. The van der Waals surface area contributed by atoms with Crippen LogP contribution in [0.25, 0.3) is 0 Å². The van der Waals surface area contributed by atoms with Crippen LogP contribution in [-0.2, 0) is 0 Å². The van der Waals surface area contributed by atoms with Crippen LogP contribution in [0, 0.1) is 5.92 Å². The summed E-state index contributed by atoms with van der Waals surface area (Å²) in [4.78, 5) is 2.44. The minimum Gasteiger partial charge on any atom is -0.491 e. The molecule has 0 saturated carbocycles. The zero-order chi connectivity index (χ0) is 13.0. The van der Waals surface area contributed by atoms with Crippen molar-refractivity contribution >= 4 is 11.6 Å². The van der Waals surface area contributed by atoms with Crippen molar-refractivity contribution in [1.82, 2.24) is 4.90 Å². The molecule has 2 N–H and O–H groups in total. The highest BCUT2D eigenvalue weighted by atomic mass is 35.5. The first kappa shape index (κ1) is 13.7. The lowest BCUT2D eigenvalue weighted by Crippen LogP contribution is -2.32. The Labute approximate surface area is 114 Å². The van der Waals surface area contributed by atoms with Gasteiger partial charge in [0.25, 0.3) is 0 Å². The van der Waals surface area contributed by atoms with Crippen LogP contribution in [0.2, 0.25) is 5.02 Å². The first-order valence-electron chi connectivity index (χ1n) is 6.52. The Hall–Kier alpha value is -0.770. The van der Waals surface area contributed by atoms with Gasteiger partial charge in [0.05, 0.1) is 5.02 Å². The van der Waals surface area contributed by atoms with Gasteiger partial charge >= 0.3 is 0 Å². The smallest absolute Gasteiger partial charge is 0.137 e. The molecule has 0 aliphatic carbocycles. The molecule has 2 atom stereocenters. The van der Waals surface area contributed by atoms with Crippen molar-refractivity contribution in [3.8, 4) is 5.75 Å². The summed E-state index contributed by atoms with van der Waals surface area (Å²) in [7, 11) is 0. The van der Waals surface area contributed by atoms with Crippen molar-refractivity contribution in [2.45, 2.75) is 19.4 Å². The van der Waals surface area contributed by atoms with Crippen molar-refractivity contribution in [1.29, 1.82) is 0 Å². The van der Waals surface area contributed by atoms with Gasteiger partial charge in [0.2, 0.25) is 0 Å². The summed E-state index contributed by atoms with van der Waals surface area (Å²) in [6.45, 7) is 5.73. The van der Waals surface area contributed by atoms with Crippen LogP contribution < -0.4 is 10.5 Å². The molecule has 0 aromatic heterocycles. The van der Waals surface area contributed by atoms with Crippen LogP contribution >= 0.6 is 11.6 Å². The Balaban J connectivity index is 1.77. The molecule has 0 spiro atoms. The molecule has 2 rings (SSSR count). The molecule has 4 heteroatoms. The summed E-state index contributed by atoms with van der Waals surface area (Å²) >= 11 is 6.04. The van der Waals surface area contributed by atoms with Crippen molar-refractivity contribution in [2.75, 3.05) is 26.2 Å². The van der Waals surface area contributed by atoms with Crippen molar-refractivity contribution in [2.24, 2.45) is 11.7 Å². The van der Waals surface area contributed by atoms with E-state index in [9.17, 15) is 0 Å². The number of benzene rings is 1. The van der Waals surface area contributed by atoms with Gasteiger partial charge < -0.3 is 10.5 Å². The number of rotatable bonds is 5. The Morgan fingerprint density at radius 3 is 2.89 bits per heavy atom. The second-order valence-corrected chi connectivity index (χ2v) is 5.37. The molecule has 0 bridgehead atoms. The molecule has 0 radical (unpaired) electrons. The summed E-state index contributed by atoms with van der Waals surface area (Å²) in [5.41, 5.74) is 5.72. The third-order valence-electron chi connectivity index (χ3n) is 3.60. The van der Waals surface area contributed by atoms with E-state index in [2.05, 4.69) is 11.8 Å². The normalized spacial score (nSPS) is 24.4. The zero-order valence-electron chi connectivity index (χ0n) is 10.8. The Morgan fingerprint density at radius 2 is 2.22 bits per heavy atom. The number of likely N-dealkylation sites (tertiary alicyclic amines) is 1. The highest BCUT2D eigenvalue weighted by Crippen LogP contribution is 2.24. The summed E-state index contributed by atoms with van der Waals surface area (Å²) < 4.78 is 5.71. The number of hydrogen-bond acceptors (Lipinski definition) is 3. The number of para-hydroxylation sites is 1. The van der Waals surface area contributed by atoms with Gasteiger partial charge in [-0.2, -0.15) is 0 Å². The summed E-state index contributed by atoms with van der Waals surface area (Å²) in [5, 5.41) is 0.673. The topological polar surface area (TPSA) is 38.5 Å². The van der Waals surface area contributed by atoms with E-state index >= 15 is 0 Å². The van der Waals surface area contributed by atoms with Crippen molar-refractivity contribution in [3.05, 3.63) is 29.3 Å². The fraction of sp³-hybridized carbons (Fsp3) is 0.571. The molecular formula is C14H21ClN2O. The maximum absolute atomic E-state index is 6.04. The van der Waals surface area contributed by atoms with Gasteiger partial charge in [0.1, 0.15) is 12.4 Å². The molecule has 0 amide bonds. The van der Waals surface area contributed by atoms with E-state index in [-0.39, 0.29) is 0 Å². The lowest BCUT2D eigenvalue weighted by molar-refractivity contribution is 0.202. The molecule has 1 fully saturated rings. The molecule has 2 unspecified atom stereocenters. The minimum absolute atomic E-state index is 0.605. The third kappa shape index (κ3) is 3.37. The second kappa shape index (κ2) is 6.41. The molecule has 1 aliphatic heterocycles. The largest absolute Gasteiger partial charge is 0.491 e. The highest BCUT2D eigenvalue weighted by Gasteiger charge is 2.27. The Kier molecular flexibility index (Phi) is 4.87. The lowest BCUT2D eigenvalue weighted by atomic mass is 10.1. The van der Waals surface area contributed by atoms with Crippen LogP contribution in [0.15, 0.2) is 24.3 Å². The van der Waals surface area contributed by atoms with Gasteiger partial charge in [-0.05, 0) is 37.9 Å². The number of halogens is 1. The standard InChI is InChI=1S/C14H21ClN2O/c1-11-8-12(9-16)10-17(11)6-7-18-14-5-3-2-4-13(14)15/h2-5,11-12H,6-10,16H2,1H3. The van der Waals surface area contributed by atoms with Crippen LogP contribution in [0.5, 0.6) is 5.75 Å². The Morgan fingerprint density at radius 1 is 1.44 bits per heavy atom. The monoisotopic (exact) mass is 268 g/mol. The molecule has 1 aromatic rings. The molecule has 1 saturated heterocycles. The van der Waals surface area contributed by atoms with E-state index in [0.717, 1.165) is 25.4 Å². The summed E-state index contributed by atoms with van der Waals surface area (Å²) in [6, 6.07) is 8.19. The fourth-order valence-electron chi connectivity index (χ4n) is 2.53. The molecule has 18 heavy (non-hydrogen) atoms. The van der Waals surface area contributed by atoms with E-state index in [1.165, 1.54) is 6.42 Å². The predicted octanol–water partition coefficient (Wildman–Crippen LogP) is 2.39. The maximum atomic E-state index is 6.04. The average molecular weight is 269 g/mol. The fourth-order valence-corrected chi connectivity index (χ4v) is 2.72. The van der Waals surface area contributed by atoms with Gasteiger partial charge in [0.15, 0.2) is 0 Å². The highest BCUT2D eigenvalue weighted by molar-refractivity contribution is 6.32. The third-order valence-corrected chi connectivity index (χ3v) is 3.91. The van der Waals surface area contributed by atoms with Crippen LogP contribution in [0.3, 0.4) is 0 Å². The lowest BCUT2D eigenvalue weighted by Gasteiger charge is -2.21. The molecule has 1 aromatic carbocycles. The zero-order valence-corrected chi connectivity index (χ0v) is 11.6. The molecule has 3 nitrogen and oxygen atoms in total. The van der Waals surface area contributed by atoms with E-state index < -0.39 is 0 Å². The van der Waals surface area contributed by atoms with E-state index in [1.54, 1.807) is 0 Å². The van der Waals surface area contributed by atoms with E-state index in [0.29, 0.717) is 23.6 Å². The molecule has 100 valence electrons. The minimum atomic E-state index is 0.605. The van der Waals surface area contributed by atoms with E-state index in [1.807, 2.05) is 24.3 Å². The van der Waals surface area contributed by atoms with E-state index in [4.69, 9.17) is 22.1 Å². The van der Waals surface area contributed by atoms with Gasteiger partial charge in [-0.15, -0.1) is 0 Å². The van der Waals surface area contributed by atoms with Crippen molar-refractivity contribution < 1.29 is 4.74 Å². The average Bonchev–Trinajstić information content (AvgIpc) is 2.73. The number of hydrogen-bond donors (Lipinski definition) is 1. The number of nitrogens with zero attached hydrogens (tertiary/aromatic N) is 1. The van der Waals surface area contributed by atoms with Crippen LogP contribution in [-0.4, -0.2) is 37.2 Å². The molecule has 1 heterocycles. The second-order valence-electron chi connectivity index (χ2n) is 4.96. The van der Waals surface area contributed by atoms with Crippen LogP contribution in [0.1, 0.15) is 13.3 Å². The number of ether oxygens (including phenoxy) is 1. The Bertz CT molecular complexity index is 386. The SMILES string of the molecule is CC1CC(CN)CN1CCOc1ccccc1Cl. The first-order chi connectivity index (χ1) is 8.70. The van der Waals surface area contributed by atoms with Crippen LogP contribution in [0.4, 0.5) is 0 Å². The summed E-state index contributed by atoms with van der Waals surface area (Å²) in [5.74, 6) is 1.40. The van der Waals surface area contributed by atoms with Crippen molar-refractivity contribution in [3.63, 3.8) is 0 Å². The predicted molar refractivity (Wildman–Crippen MR) is 75.1 cm³/mol. The van der Waals surface area contributed by atoms with Gasteiger partial charge in [-0.25, -0.2) is 0 Å². The molecular weight excluding hydrogens is 248 g/mol. The summed E-state index contributed by atoms with van der Waals surface area (Å²) in [6.07, 6.45) is 1.20. The quantitative estimate of drug-likeness (QED) is 0.891. The van der Waals surface area contributed by atoms with Gasteiger partial charge in [-0.3, -0.25) is 4.90 Å². The number of nitrogens with two attached hydrogens (primary N) is 1. The maximum Gasteiger partial charge on any atom is 0.137 e.